The number of ether oxygens (including phenoxy) is 1. The summed E-state index contributed by atoms with van der Waals surface area (Å²) in [6.07, 6.45) is 0. The van der Waals surface area contributed by atoms with E-state index >= 15 is 0 Å². The van der Waals surface area contributed by atoms with Crippen LogP contribution in [0.5, 0.6) is 0 Å². The van der Waals surface area contributed by atoms with Gasteiger partial charge in [0.05, 0.1) is 30.1 Å². The molecule has 0 aliphatic carbocycles. The summed E-state index contributed by atoms with van der Waals surface area (Å²) in [4.78, 5) is 31.0. The molecule has 178 valence electrons. The monoisotopic (exact) mass is 476 g/mol. The van der Waals surface area contributed by atoms with Crippen LogP contribution in [0.2, 0.25) is 0 Å². The van der Waals surface area contributed by atoms with Crippen LogP contribution < -0.4 is 10.6 Å². The quantitative estimate of drug-likeness (QED) is 0.377. The summed E-state index contributed by atoms with van der Waals surface area (Å²) in [5.74, 6) is -1.79. The van der Waals surface area contributed by atoms with E-state index < -0.39 is 17.7 Å². The van der Waals surface area contributed by atoms with Crippen molar-refractivity contribution < 1.29 is 23.1 Å². The van der Waals surface area contributed by atoms with E-state index in [1.165, 1.54) is 0 Å². The van der Waals surface area contributed by atoms with Crippen LogP contribution in [-0.4, -0.2) is 48.1 Å². The van der Waals surface area contributed by atoms with Crippen LogP contribution >= 0.6 is 0 Å². The number of anilines is 2. The van der Waals surface area contributed by atoms with E-state index in [2.05, 4.69) is 15.6 Å². The number of carbonyl (C=O) groups excluding carboxylic acids is 2. The van der Waals surface area contributed by atoms with E-state index in [4.69, 9.17) is 4.74 Å². The van der Waals surface area contributed by atoms with Gasteiger partial charge in [0, 0.05) is 30.1 Å². The lowest BCUT2D eigenvalue weighted by Crippen LogP contribution is -2.41. The molecule has 0 bridgehead atoms. The molecule has 35 heavy (non-hydrogen) atoms. The normalized spacial score (nSPS) is 13.6. The second-order valence-electron chi connectivity index (χ2n) is 8.08. The highest BCUT2D eigenvalue weighted by Crippen LogP contribution is 2.36. The molecule has 3 amide bonds. The van der Waals surface area contributed by atoms with Gasteiger partial charge in [0.15, 0.2) is 0 Å². The first-order chi connectivity index (χ1) is 17.0. The SMILES string of the molecule is O=C(Nc1ccc(F)cc1F)Nc1cccc2c(-c3ccccc3)c(C(=O)N3CCOCC3)[nH]c12. The van der Waals surface area contributed by atoms with Crippen LogP contribution in [0.25, 0.3) is 22.0 Å². The molecule has 3 aromatic carbocycles. The van der Waals surface area contributed by atoms with Gasteiger partial charge in [-0.2, -0.15) is 0 Å². The number of H-pyrrole nitrogens is 1. The van der Waals surface area contributed by atoms with Gasteiger partial charge in [-0.3, -0.25) is 4.79 Å². The number of rotatable bonds is 4. The first-order valence-corrected chi connectivity index (χ1v) is 11.1. The van der Waals surface area contributed by atoms with Crippen molar-refractivity contribution in [3.8, 4) is 11.1 Å². The largest absolute Gasteiger partial charge is 0.378 e. The summed E-state index contributed by atoms with van der Waals surface area (Å²) in [6, 6.07) is 17.0. The van der Waals surface area contributed by atoms with Gasteiger partial charge >= 0.3 is 6.03 Å². The average Bonchev–Trinajstić information content (AvgIpc) is 3.27. The van der Waals surface area contributed by atoms with Crippen LogP contribution in [0.15, 0.2) is 66.7 Å². The van der Waals surface area contributed by atoms with Crippen molar-refractivity contribution in [3.05, 3.63) is 84.1 Å². The lowest BCUT2D eigenvalue weighted by atomic mass is 10.0. The number of halogens is 2. The Morgan fingerprint density at radius 3 is 2.37 bits per heavy atom. The number of nitrogens with one attached hydrogen (secondary N) is 3. The van der Waals surface area contributed by atoms with Gasteiger partial charge in [-0.1, -0.05) is 42.5 Å². The Labute approximate surface area is 199 Å². The van der Waals surface area contributed by atoms with Gasteiger partial charge in [0.2, 0.25) is 0 Å². The fourth-order valence-corrected chi connectivity index (χ4v) is 4.18. The zero-order chi connectivity index (χ0) is 24.4. The van der Waals surface area contributed by atoms with Gasteiger partial charge in [0.25, 0.3) is 5.91 Å². The van der Waals surface area contributed by atoms with E-state index in [1.807, 2.05) is 36.4 Å². The summed E-state index contributed by atoms with van der Waals surface area (Å²) in [7, 11) is 0. The third-order valence-electron chi connectivity index (χ3n) is 5.84. The maximum absolute atomic E-state index is 14.0. The smallest absolute Gasteiger partial charge is 0.323 e. The fourth-order valence-electron chi connectivity index (χ4n) is 4.18. The van der Waals surface area contributed by atoms with Gasteiger partial charge in [-0.05, 0) is 23.8 Å². The Bertz CT molecular complexity index is 1400. The molecule has 0 saturated carbocycles. The molecule has 0 unspecified atom stereocenters. The molecule has 1 fully saturated rings. The number of amides is 3. The predicted octanol–water partition coefficient (Wildman–Crippen LogP) is 5.23. The number of aromatic nitrogens is 1. The molecule has 1 aliphatic heterocycles. The summed E-state index contributed by atoms with van der Waals surface area (Å²) in [6.45, 7) is 1.91. The van der Waals surface area contributed by atoms with Crippen LogP contribution in [-0.2, 0) is 4.74 Å². The number of hydrogen-bond acceptors (Lipinski definition) is 3. The Morgan fingerprint density at radius 2 is 1.63 bits per heavy atom. The number of aromatic amines is 1. The standard InChI is InChI=1S/C26H22F2N4O3/c27-17-9-10-20(19(28)15-17)29-26(34)30-21-8-4-7-18-22(16-5-2-1-3-6-16)24(31-23(18)21)25(33)32-11-13-35-14-12-32/h1-10,15,31H,11-14H2,(H2,29,30,34). The summed E-state index contributed by atoms with van der Waals surface area (Å²) >= 11 is 0. The van der Waals surface area contributed by atoms with E-state index in [9.17, 15) is 18.4 Å². The van der Waals surface area contributed by atoms with Gasteiger partial charge in [-0.25, -0.2) is 13.6 Å². The number of benzene rings is 3. The molecule has 0 atom stereocenters. The van der Waals surface area contributed by atoms with Gasteiger partial charge < -0.3 is 25.3 Å². The molecular weight excluding hydrogens is 454 g/mol. The summed E-state index contributed by atoms with van der Waals surface area (Å²) in [5.41, 5.74) is 2.79. The minimum absolute atomic E-state index is 0.157. The average molecular weight is 476 g/mol. The first-order valence-electron chi connectivity index (χ1n) is 11.1. The van der Waals surface area contributed by atoms with E-state index in [0.717, 1.165) is 28.6 Å². The molecule has 0 radical (unpaired) electrons. The molecule has 3 N–H and O–H groups in total. The molecular formula is C26H22F2N4O3. The van der Waals surface area contributed by atoms with Crippen molar-refractivity contribution in [1.29, 1.82) is 0 Å². The number of fused-ring (bicyclic) bond motifs is 1. The third kappa shape index (κ3) is 4.58. The molecule has 1 aromatic heterocycles. The highest BCUT2D eigenvalue weighted by molar-refractivity contribution is 6.14. The van der Waals surface area contributed by atoms with Crippen LogP contribution in [0, 0.1) is 11.6 Å². The van der Waals surface area contributed by atoms with Crippen LogP contribution in [0.3, 0.4) is 0 Å². The van der Waals surface area contributed by atoms with Crippen molar-refractivity contribution in [2.24, 2.45) is 0 Å². The number of carbonyl (C=O) groups is 2. The predicted molar refractivity (Wildman–Crippen MR) is 129 cm³/mol. The molecule has 1 aliphatic rings. The lowest BCUT2D eigenvalue weighted by molar-refractivity contribution is 0.0300. The lowest BCUT2D eigenvalue weighted by Gasteiger charge is -2.26. The highest BCUT2D eigenvalue weighted by Gasteiger charge is 2.26. The molecule has 1 saturated heterocycles. The highest BCUT2D eigenvalue weighted by atomic mass is 19.1. The molecule has 4 aromatic rings. The minimum atomic E-state index is -0.886. The van der Waals surface area contributed by atoms with Crippen LogP contribution in [0.4, 0.5) is 25.0 Å². The van der Waals surface area contributed by atoms with Crippen molar-refractivity contribution in [1.82, 2.24) is 9.88 Å². The number of nitrogens with zero attached hydrogens (tertiary/aromatic N) is 1. The zero-order valence-electron chi connectivity index (χ0n) is 18.6. The Morgan fingerprint density at radius 1 is 0.886 bits per heavy atom. The van der Waals surface area contributed by atoms with Crippen molar-refractivity contribution in [2.75, 3.05) is 36.9 Å². The summed E-state index contributed by atoms with van der Waals surface area (Å²) < 4.78 is 32.5. The second kappa shape index (κ2) is 9.55. The molecule has 9 heteroatoms. The van der Waals surface area contributed by atoms with E-state index in [-0.39, 0.29) is 11.6 Å². The molecule has 0 spiro atoms. The number of para-hydroxylation sites is 1. The van der Waals surface area contributed by atoms with Crippen molar-refractivity contribution in [2.45, 2.75) is 0 Å². The Kier molecular flexibility index (Phi) is 6.15. The molecule has 5 rings (SSSR count). The maximum Gasteiger partial charge on any atom is 0.323 e. The van der Waals surface area contributed by atoms with Crippen molar-refractivity contribution in [3.63, 3.8) is 0 Å². The van der Waals surface area contributed by atoms with Crippen molar-refractivity contribution >= 4 is 34.2 Å². The number of hydrogen-bond donors (Lipinski definition) is 3. The topological polar surface area (TPSA) is 86.5 Å². The number of morpholine rings is 1. The second-order valence-corrected chi connectivity index (χ2v) is 8.08. The van der Waals surface area contributed by atoms with Crippen LogP contribution in [0.1, 0.15) is 10.5 Å². The maximum atomic E-state index is 14.0. The van der Waals surface area contributed by atoms with E-state index in [0.29, 0.717) is 49.3 Å². The van der Waals surface area contributed by atoms with Gasteiger partial charge in [-0.15, -0.1) is 0 Å². The first kappa shape index (κ1) is 22.5. The Hall–Kier alpha value is -4.24. The third-order valence-corrected chi connectivity index (χ3v) is 5.84. The molecule has 7 nitrogen and oxygen atoms in total. The van der Waals surface area contributed by atoms with E-state index in [1.54, 1.807) is 17.0 Å². The van der Waals surface area contributed by atoms with Gasteiger partial charge in [0.1, 0.15) is 17.3 Å². The zero-order valence-corrected chi connectivity index (χ0v) is 18.6. The summed E-state index contributed by atoms with van der Waals surface area (Å²) in [5, 5.41) is 5.83. The fraction of sp³-hybridized carbons (Fsp3) is 0.154. The molecule has 2 heterocycles. The number of urea groups is 1. The minimum Gasteiger partial charge on any atom is -0.378 e. The Balaban J connectivity index is 1.53.